The summed E-state index contributed by atoms with van der Waals surface area (Å²) in [6.45, 7) is 13.7. The van der Waals surface area contributed by atoms with Gasteiger partial charge in [-0.15, -0.1) is 0 Å². The van der Waals surface area contributed by atoms with E-state index >= 15 is 0 Å². The van der Waals surface area contributed by atoms with E-state index in [2.05, 4.69) is 13.2 Å². The van der Waals surface area contributed by atoms with Gasteiger partial charge in [0.25, 0.3) is 0 Å². The fourth-order valence-electron chi connectivity index (χ4n) is 7.11. The third kappa shape index (κ3) is 2.19. The molecule has 4 aliphatic carbocycles. The third-order valence-electron chi connectivity index (χ3n) is 8.60. The number of ether oxygens (including phenoxy) is 1. The van der Waals surface area contributed by atoms with Crippen molar-refractivity contribution < 1.29 is 24.9 Å². The van der Waals surface area contributed by atoms with Crippen LogP contribution in [0, 0.1) is 28.6 Å². The summed E-state index contributed by atoms with van der Waals surface area (Å²) < 4.78 is 5.81. The molecule has 4 fully saturated rings. The Bertz CT molecular complexity index is 711. The van der Waals surface area contributed by atoms with Crippen molar-refractivity contribution in [3.05, 3.63) is 24.3 Å². The van der Waals surface area contributed by atoms with Crippen LogP contribution in [0.1, 0.15) is 52.9 Å². The highest BCUT2D eigenvalue weighted by molar-refractivity contribution is 5.66. The van der Waals surface area contributed by atoms with Gasteiger partial charge in [-0.1, -0.05) is 38.2 Å². The molecule has 5 nitrogen and oxygen atoms in total. The summed E-state index contributed by atoms with van der Waals surface area (Å²) >= 11 is 0. The summed E-state index contributed by atoms with van der Waals surface area (Å²) in [5, 5.41) is 33.7. The molecule has 27 heavy (non-hydrogen) atoms. The average Bonchev–Trinajstić information content (AvgIpc) is 2.81. The standard InChI is InChI=1S/C22H32O5/c1-11-9-21-10-18(25)22(26)16(8-17(24)20(22,4)5)12(2)15(21)7-6-14(11)19(21)27-13(3)23/h14-19,24-26H,1-2,6-10H2,3-5H3. The first-order chi connectivity index (χ1) is 12.5. The lowest BCUT2D eigenvalue weighted by Gasteiger charge is -2.47. The van der Waals surface area contributed by atoms with E-state index < -0.39 is 28.6 Å². The van der Waals surface area contributed by atoms with Crippen molar-refractivity contribution in [2.24, 2.45) is 28.6 Å². The monoisotopic (exact) mass is 376 g/mol. The van der Waals surface area contributed by atoms with E-state index in [0.717, 1.165) is 24.0 Å². The van der Waals surface area contributed by atoms with Crippen LogP contribution < -0.4 is 0 Å². The molecule has 150 valence electrons. The maximum Gasteiger partial charge on any atom is 0.302 e. The van der Waals surface area contributed by atoms with Gasteiger partial charge in [-0.05, 0) is 38.0 Å². The molecule has 2 bridgehead atoms. The quantitative estimate of drug-likeness (QED) is 0.483. The summed E-state index contributed by atoms with van der Waals surface area (Å²) in [6.07, 6.45) is 1.10. The smallest absolute Gasteiger partial charge is 0.302 e. The topological polar surface area (TPSA) is 87.0 Å². The lowest BCUT2D eigenvalue weighted by atomic mass is 9.61. The van der Waals surface area contributed by atoms with Gasteiger partial charge in [0.1, 0.15) is 11.7 Å². The Morgan fingerprint density at radius 1 is 1.15 bits per heavy atom. The molecule has 0 amide bonds. The Labute approximate surface area is 161 Å². The third-order valence-corrected chi connectivity index (χ3v) is 8.60. The maximum absolute atomic E-state index is 11.8. The van der Waals surface area contributed by atoms with Gasteiger partial charge in [0, 0.05) is 29.6 Å². The molecule has 4 rings (SSSR count). The summed E-state index contributed by atoms with van der Waals surface area (Å²) in [5.74, 6) is -0.549. The maximum atomic E-state index is 11.8. The van der Waals surface area contributed by atoms with Crippen LogP contribution >= 0.6 is 0 Å². The molecule has 5 heteroatoms. The van der Waals surface area contributed by atoms with Crippen molar-refractivity contribution in [1.29, 1.82) is 0 Å². The van der Waals surface area contributed by atoms with E-state index in [0.29, 0.717) is 19.3 Å². The number of carbonyl (C=O) groups is 1. The Balaban J connectivity index is 1.84. The lowest BCUT2D eigenvalue weighted by Crippen LogP contribution is -2.57. The SMILES string of the molecule is C=C1CC23CC(O)C4(O)C(CC(O)C4(C)C)C(=C)C2CCC1C3OC(C)=O. The van der Waals surface area contributed by atoms with Crippen molar-refractivity contribution in [3.8, 4) is 0 Å². The van der Waals surface area contributed by atoms with E-state index in [1.807, 2.05) is 13.8 Å². The largest absolute Gasteiger partial charge is 0.461 e. The summed E-state index contributed by atoms with van der Waals surface area (Å²) in [7, 11) is 0. The molecule has 8 atom stereocenters. The number of hydrogen-bond acceptors (Lipinski definition) is 5. The van der Waals surface area contributed by atoms with Crippen LogP contribution in [0.3, 0.4) is 0 Å². The van der Waals surface area contributed by atoms with Gasteiger partial charge in [0.15, 0.2) is 0 Å². The van der Waals surface area contributed by atoms with Gasteiger partial charge in [0.2, 0.25) is 0 Å². The normalized spacial score (nSPS) is 50.7. The van der Waals surface area contributed by atoms with Crippen LogP contribution in [0.2, 0.25) is 0 Å². The molecule has 0 aromatic heterocycles. The zero-order valence-corrected chi connectivity index (χ0v) is 16.6. The Hall–Kier alpha value is -1.17. The van der Waals surface area contributed by atoms with E-state index in [-0.39, 0.29) is 29.8 Å². The van der Waals surface area contributed by atoms with E-state index in [1.54, 1.807) is 0 Å². The predicted octanol–water partition coefficient (Wildman–Crippen LogP) is 2.35. The molecule has 0 radical (unpaired) electrons. The van der Waals surface area contributed by atoms with E-state index in [9.17, 15) is 20.1 Å². The predicted molar refractivity (Wildman–Crippen MR) is 101 cm³/mol. The molecule has 0 aliphatic heterocycles. The molecule has 3 N–H and O–H groups in total. The van der Waals surface area contributed by atoms with Crippen LogP contribution in [0.25, 0.3) is 0 Å². The Morgan fingerprint density at radius 3 is 2.44 bits per heavy atom. The Morgan fingerprint density at radius 2 is 1.81 bits per heavy atom. The first-order valence-electron chi connectivity index (χ1n) is 10.1. The Kier molecular flexibility index (Phi) is 4.03. The highest BCUT2D eigenvalue weighted by Gasteiger charge is 2.70. The van der Waals surface area contributed by atoms with Gasteiger partial charge in [-0.3, -0.25) is 4.79 Å². The minimum Gasteiger partial charge on any atom is -0.461 e. The summed E-state index contributed by atoms with van der Waals surface area (Å²) in [4.78, 5) is 11.8. The highest BCUT2D eigenvalue weighted by atomic mass is 16.5. The van der Waals surface area contributed by atoms with Gasteiger partial charge in [0.05, 0.1) is 12.2 Å². The number of fused-ring (bicyclic) bond motifs is 2. The highest BCUT2D eigenvalue weighted by Crippen LogP contribution is 2.68. The van der Waals surface area contributed by atoms with Crippen LogP contribution in [0.15, 0.2) is 24.3 Å². The zero-order valence-electron chi connectivity index (χ0n) is 16.6. The summed E-state index contributed by atoms with van der Waals surface area (Å²) in [6, 6.07) is 0. The minimum absolute atomic E-state index is 0.0344. The second-order valence-electron chi connectivity index (χ2n) is 9.98. The lowest BCUT2D eigenvalue weighted by molar-refractivity contribution is -0.181. The number of aliphatic hydroxyl groups is 3. The molecular weight excluding hydrogens is 344 g/mol. The van der Waals surface area contributed by atoms with Gasteiger partial charge < -0.3 is 20.1 Å². The number of aliphatic hydroxyl groups excluding tert-OH is 2. The van der Waals surface area contributed by atoms with Crippen molar-refractivity contribution in [3.63, 3.8) is 0 Å². The van der Waals surface area contributed by atoms with Crippen molar-refractivity contribution in [1.82, 2.24) is 0 Å². The first kappa shape index (κ1) is 19.2. The number of hydrogen-bond donors (Lipinski definition) is 3. The average molecular weight is 376 g/mol. The molecule has 0 heterocycles. The number of carbonyl (C=O) groups excluding carboxylic acids is 1. The molecule has 0 aromatic rings. The minimum atomic E-state index is -1.45. The van der Waals surface area contributed by atoms with E-state index in [4.69, 9.17) is 4.74 Å². The molecule has 8 unspecified atom stereocenters. The molecule has 4 aliphatic rings. The molecule has 1 spiro atoms. The van der Waals surface area contributed by atoms with Crippen molar-refractivity contribution in [2.75, 3.05) is 0 Å². The van der Waals surface area contributed by atoms with Crippen molar-refractivity contribution >= 4 is 5.97 Å². The van der Waals surface area contributed by atoms with Crippen LogP contribution in [0.5, 0.6) is 0 Å². The van der Waals surface area contributed by atoms with Crippen LogP contribution in [-0.4, -0.2) is 45.2 Å². The van der Waals surface area contributed by atoms with Crippen LogP contribution in [-0.2, 0) is 9.53 Å². The second kappa shape index (κ2) is 5.68. The van der Waals surface area contributed by atoms with Crippen molar-refractivity contribution in [2.45, 2.75) is 76.8 Å². The fourth-order valence-corrected chi connectivity index (χ4v) is 7.11. The fraction of sp³-hybridized carbons (Fsp3) is 0.773. The molecule has 0 aromatic carbocycles. The zero-order chi connectivity index (χ0) is 19.9. The van der Waals surface area contributed by atoms with Crippen LogP contribution in [0.4, 0.5) is 0 Å². The first-order valence-corrected chi connectivity index (χ1v) is 10.1. The number of esters is 1. The van der Waals surface area contributed by atoms with Gasteiger partial charge in [-0.25, -0.2) is 0 Å². The number of rotatable bonds is 1. The van der Waals surface area contributed by atoms with Gasteiger partial charge in [-0.2, -0.15) is 0 Å². The molecular formula is C22H32O5. The molecule has 0 saturated heterocycles. The summed E-state index contributed by atoms with van der Waals surface area (Å²) in [5.41, 5.74) is -0.805. The molecule has 4 saturated carbocycles. The van der Waals surface area contributed by atoms with Gasteiger partial charge >= 0.3 is 5.97 Å². The van der Waals surface area contributed by atoms with E-state index in [1.165, 1.54) is 6.92 Å². The second-order valence-corrected chi connectivity index (χ2v) is 9.98.